The van der Waals surface area contributed by atoms with Gasteiger partial charge >= 0.3 is 0 Å². The van der Waals surface area contributed by atoms with Gasteiger partial charge in [-0.3, -0.25) is 0 Å². The molecule has 2 rings (SSSR count). The van der Waals surface area contributed by atoms with E-state index in [4.69, 9.17) is 4.74 Å². The molecular formula is C15H21N3O. The first kappa shape index (κ1) is 13.6. The normalized spacial score (nSPS) is 10.6. The van der Waals surface area contributed by atoms with Crippen LogP contribution in [0.15, 0.2) is 36.7 Å². The van der Waals surface area contributed by atoms with E-state index in [1.807, 2.05) is 24.5 Å². The molecule has 4 nitrogen and oxygen atoms in total. The number of nitrogens with one attached hydrogen (secondary N) is 1. The predicted octanol–water partition coefficient (Wildman–Crippen LogP) is 2.44. The lowest BCUT2D eigenvalue weighted by molar-refractivity contribution is 0.414. The Labute approximate surface area is 114 Å². The van der Waals surface area contributed by atoms with Gasteiger partial charge in [-0.1, -0.05) is 19.1 Å². The number of ether oxygens (including phenoxy) is 1. The molecular weight excluding hydrogens is 238 g/mol. The highest BCUT2D eigenvalue weighted by atomic mass is 16.5. The van der Waals surface area contributed by atoms with E-state index in [2.05, 4.69) is 33.9 Å². The topological polar surface area (TPSA) is 39.1 Å². The van der Waals surface area contributed by atoms with Crippen LogP contribution in [0.25, 0.3) is 0 Å². The minimum Gasteiger partial charge on any atom is -0.497 e. The van der Waals surface area contributed by atoms with Crippen molar-refractivity contribution >= 4 is 0 Å². The van der Waals surface area contributed by atoms with E-state index in [-0.39, 0.29) is 0 Å². The van der Waals surface area contributed by atoms with E-state index < -0.39 is 0 Å². The van der Waals surface area contributed by atoms with Gasteiger partial charge in [0.05, 0.1) is 13.7 Å². The van der Waals surface area contributed by atoms with E-state index in [9.17, 15) is 0 Å². The number of imidazole rings is 1. The lowest BCUT2D eigenvalue weighted by Gasteiger charge is -2.09. The Morgan fingerprint density at radius 1 is 1.26 bits per heavy atom. The Bertz CT molecular complexity index is 490. The van der Waals surface area contributed by atoms with Crippen LogP contribution in [0.2, 0.25) is 0 Å². The quantitative estimate of drug-likeness (QED) is 0.776. The largest absolute Gasteiger partial charge is 0.497 e. The first-order valence-corrected chi connectivity index (χ1v) is 6.67. The van der Waals surface area contributed by atoms with Crippen molar-refractivity contribution < 1.29 is 4.74 Å². The zero-order valence-electron chi connectivity index (χ0n) is 11.6. The summed E-state index contributed by atoms with van der Waals surface area (Å²) in [4.78, 5) is 4.39. The molecule has 0 aliphatic carbocycles. The van der Waals surface area contributed by atoms with E-state index in [0.717, 1.165) is 37.6 Å². The van der Waals surface area contributed by atoms with Gasteiger partial charge in [0.1, 0.15) is 11.6 Å². The van der Waals surface area contributed by atoms with Crippen LogP contribution in [-0.2, 0) is 13.1 Å². The lowest BCUT2D eigenvalue weighted by atomic mass is 10.2. The van der Waals surface area contributed by atoms with Gasteiger partial charge in [-0.15, -0.1) is 0 Å². The van der Waals surface area contributed by atoms with Crippen molar-refractivity contribution in [3.8, 4) is 5.75 Å². The van der Waals surface area contributed by atoms with Crippen molar-refractivity contribution in [3.63, 3.8) is 0 Å². The summed E-state index contributed by atoms with van der Waals surface area (Å²) < 4.78 is 7.34. The summed E-state index contributed by atoms with van der Waals surface area (Å²) in [6.07, 6.45) is 5.01. The molecule has 19 heavy (non-hydrogen) atoms. The fraction of sp³-hybridized carbons (Fsp3) is 0.400. The molecule has 0 aliphatic rings. The molecule has 4 heteroatoms. The zero-order chi connectivity index (χ0) is 13.5. The second kappa shape index (κ2) is 6.95. The Hall–Kier alpha value is -1.81. The molecule has 1 aromatic heterocycles. The molecule has 1 N–H and O–H groups in total. The SMILES string of the molecule is CCCNCc1nccn1Cc1ccc(OC)cc1. The second-order valence-electron chi connectivity index (χ2n) is 4.50. The number of aromatic nitrogens is 2. The standard InChI is InChI=1S/C15H21N3O/c1-3-8-16-11-15-17-9-10-18(15)12-13-4-6-14(19-2)7-5-13/h4-7,9-10,16H,3,8,11-12H2,1-2H3. The highest BCUT2D eigenvalue weighted by molar-refractivity contribution is 5.27. The third kappa shape index (κ3) is 3.83. The third-order valence-electron chi connectivity index (χ3n) is 3.02. The first-order chi connectivity index (χ1) is 9.33. The molecule has 0 radical (unpaired) electrons. The van der Waals surface area contributed by atoms with E-state index in [1.54, 1.807) is 7.11 Å². The fourth-order valence-electron chi connectivity index (χ4n) is 1.96. The van der Waals surface area contributed by atoms with Crippen LogP contribution >= 0.6 is 0 Å². The highest BCUT2D eigenvalue weighted by Crippen LogP contribution is 2.13. The Morgan fingerprint density at radius 3 is 2.74 bits per heavy atom. The van der Waals surface area contributed by atoms with Gasteiger partial charge in [0.15, 0.2) is 0 Å². The number of hydrogen-bond donors (Lipinski definition) is 1. The van der Waals surface area contributed by atoms with Gasteiger partial charge in [-0.2, -0.15) is 0 Å². The van der Waals surface area contributed by atoms with Gasteiger partial charge in [-0.25, -0.2) is 4.98 Å². The Morgan fingerprint density at radius 2 is 2.05 bits per heavy atom. The minimum absolute atomic E-state index is 0.816. The Kier molecular flexibility index (Phi) is 4.98. The van der Waals surface area contributed by atoms with E-state index in [0.29, 0.717) is 0 Å². The molecule has 0 atom stereocenters. The molecule has 1 heterocycles. The molecule has 1 aromatic carbocycles. The number of rotatable bonds is 7. The molecule has 0 bridgehead atoms. The van der Waals surface area contributed by atoms with Crippen LogP contribution in [0.1, 0.15) is 24.7 Å². The van der Waals surface area contributed by atoms with Crippen LogP contribution < -0.4 is 10.1 Å². The maximum Gasteiger partial charge on any atom is 0.122 e. The van der Waals surface area contributed by atoms with Crippen molar-refractivity contribution in [2.24, 2.45) is 0 Å². The maximum atomic E-state index is 5.16. The van der Waals surface area contributed by atoms with Crippen molar-refractivity contribution in [1.29, 1.82) is 0 Å². The molecule has 0 aliphatic heterocycles. The molecule has 0 amide bonds. The molecule has 0 fully saturated rings. The summed E-state index contributed by atoms with van der Waals surface area (Å²) in [6, 6.07) is 8.15. The van der Waals surface area contributed by atoms with Gasteiger partial charge in [0.25, 0.3) is 0 Å². The lowest BCUT2D eigenvalue weighted by Crippen LogP contribution is -2.17. The molecule has 0 unspecified atom stereocenters. The van der Waals surface area contributed by atoms with Gasteiger partial charge in [0, 0.05) is 18.9 Å². The van der Waals surface area contributed by atoms with Crippen molar-refractivity contribution in [3.05, 3.63) is 48.0 Å². The summed E-state index contributed by atoms with van der Waals surface area (Å²) in [5.74, 6) is 1.96. The van der Waals surface area contributed by atoms with Gasteiger partial charge in [0.2, 0.25) is 0 Å². The van der Waals surface area contributed by atoms with Crippen LogP contribution in [0.4, 0.5) is 0 Å². The molecule has 0 saturated carbocycles. The van der Waals surface area contributed by atoms with Crippen LogP contribution in [-0.4, -0.2) is 23.2 Å². The zero-order valence-corrected chi connectivity index (χ0v) is 11.6. The average Bonchev–Trinajstić information content (AvgIpc) is 2.87. The second-order valence-corrected chi connectivity index (χ2v) is 4.50. The van der Waals surface area contributed by atoms with Gasteiger partial charge in [-0.05, 0) is 30.7 Å². The number of benzene rings is 1. The van der Waals surface area contributed by atoms with E-state index in [1.165, 1.54) is 5.56 Å². The monoisotopic (exact) mass is 259 g/mol. The summed E-state index contributed by atoms with van der Waals surface area (Å²) in [5.41, 5.74) is 1.25. The fourth-order valence-corrected chi connectivity index (χ4v) is 1.96. The molecule has 102 valence electrons. The van der Waals surface area contributed by atoms with Crippen molar-refractivity contribution in [2.75, 3.05) is 13.7 Å². The highest BCUT2D eigenvalue weighted by Gasteiger charge is 2.03. The average molecular weight is 259 g/mol. The summed E-state index contributed by atoms with van der Waals surface area (Å²) in [7, 11) is 1.68. The van der Waals surface area contributed by atoms with Crippen molar-refractivity contribution in [1.82, 2.24) is 14.9 Å². The third-order valence-corrected chi connectivity index (χ3v) is 3.02. The Balaban J connectivity index is 1.99. The van der Waals surface area contributed by atoms with Crippen LogP contribution in [0.3, 0.4) is 0 Å². The van der Waals surface area contributed by atoms with E-state index >= 15 is 0 Å². The predicted molar refractivity (Wildman–Crippen MR) is 76.3 cm³/mol. The number of hydrogen-bond acceptors (Lipinski definition) is 3. The molecule has 2 aromatic rings. The van der Waals surface area contributed by atoms with Crippen LogP contribution in [0, 0.1) is 0 Å². The minimum atomic E-state index is 0.816. The summed E-state index contributed by atoms with van der Waals surface area (Å²) in [5, 5.41) is 3.38. The first-order valence-electron chi connectivity index (χ1n) is 6.67. The summed E-state index contributed by atoms with van der Waals surface area (Å²) in [6.45, 7) is 4.84. The van der Waals surface area contributed by atoms with Gasteiger partial charge < -0.3 is 14.6 Å². The van der Waals surface area contributed by atoms with Crippen LogP contribution in [0.5, 0.6) is 5.75 Å². The molecule has 0 saturated heterocycles. The summed E-state index contributed by atoms with van der Waals surface area (Å²) >= 11 is 0. The smallest absolute Gasteiger partial charge is 0.122 e. The maximum absolute atomic E-state index is 5.16. The number of methoxy groups -OCH3 is 1. The number of nitrogens with zero attached hydrogens (tertiary/aromatic N) is 2. The molecule has 0 spiro atoms. The van der Waals surface area contributed by atoms with Crippen molar-refractivity contribution in [2.45, 2.75) is 26.4 Å².